The van der Waals surface area contributed by atoms with Crippen molar-refractivity contribution in [2.45, 2.75) is 27.2 Å². The quantitative estimate of drug-likeness (QED) is 0.611. The largest absolute Gasteiger partial charge is 0.328 e. The topological polar surface area (TPSA) is 3.24 Å². The number of hydrogen-bond acceptors (Lipinski definition) is 1. The van der Waals surface area contributed by atoms with Crippen LogP contribution in [-0.2, 0) is 0 Å². The summed E-state index contributed by atoms with van der Waals surface area (Å²) < 4.78 is 2.44. The Kier molecular flexibility index (Phi) is 7.56. The van der Waals surface area contributed by atoms with Gasteiger partial charge < -0.3 is 8.97 Å². The van der Waals surface area contributed by atoms with E-state index in [9.17, 15) is 0 Å². The molecule has 2 fully saturated rings. The monoisotopic (exact) mass is 273 g/mol. The molecule has 0 saturated carbocycles. The third kappa shape index (κ3) is 7.91. The highest BCUT2D eigenvalue weighted by Crippen LogP contribution is 2.18. The molecule has 2 heterocycles. The molecule has 0 amide bonds. The number of likely N-dealkylation sites (tertiary alicyclic amines) is 1. The minimum Gasteiger partial charge on any atom is -0.328 e. The molecule has 0 aromatic rings. The van der Waals surface area contributed by atoms with Crippen molar-refractivity contribution in [3.63, 3.8) is 0 Å². The molecule has 2 aliphatic heterocycles. The highest BCUT2D eigenvalue weighted by Gasteiger charge is 2.22. The molecule has 19 heavy (non-hydrogen) atoms. The lowest BCUT2D eigenvalue weighted by molar-refractivity contribution is -0.896. The Labute approximate surface area is 122 Å². The summed E-state index contributed by atoms with van der Waals surface area (Å²) in [5.74, 6) is 0.983. The molecule has 3 heteroatoms. The molecular weight excluding hydrogens is 234 g/mol. The zero-order valence-electron chi connectivity index (χ0n) is 13.6. The van der Waals surface area contributed by atoms with Gasteiger partial charge >= 0.3 is 0 Å². The number of piperidine rings is 1. The molecule has 3 nitrogen and oxygen atoms in total. The Hall–Kier alpha value is -0.120. The van der Waals surface area contributed by atoms with Gasteiger partial charge in [0.25, 0.3) is 0 Å². The van der Waals surface area contributed by atoms with Crippen LogP contribution in [0.1, 0.15) is 27.2 Å². The van der Waals surface area contributed by atoms with Crippen LogP contribution in [0.15, 0.2) is 0 Å². The van der Waals surface area contributed by atoms with E-state index in [0.717, 1.165) is 5.92 Å². The van der Waals surface area contributed by atoms with E-state index < -0.39 is 0 Å². The van der Waals surface area contributed by atoms with Crippen LogP contribution in [0.4, 0.5) is 0 Å². The van der Waals surface area contributed by atoms with Gasteiger partial charge in [-0.25, -0.2) is 0 Å². The van der Waals surface area contributed by atoms with Crippen molar-refractivity contribution < 1.29 is 8.97 Å². The van der Waals surface area contributed by atoms with E-state index in [4.69, 9.17) is 0 Å². The minimum atomic E-state index is 0. The van der Waals surface area contributed by atoms with Crippen LogP contribution in [-0.4, -0.2) is 88.4 Å². The molecule has 2 aliphatic rings. The van der Waals surface area contributed by atoms with Gasteiger partial charge in [0.2, 0.25) is 0 Å². The molecular formula is C16H39N3+2. The number of piperazine rings is 1. The van der Waals surface area contributed by atoms with E-state index in [1.165, 1.54) is 61.1 Å². The SMILES string of the molecule is C.CC1CC[N+](C)(C)CC1.CN1CC[N+](C)(C)CC1. The van der Waals surface area contributed by atoms with Crippen LogP contribution in [0.25, 0.3) is 0 Å². The maximum atomic E-state index is 2.39. The predicted octanol–water partition coefficient (Wildman–Crippen LogP) is 2.14. The van der Waals surface area contributed by atoms with Crippen molar-refractivity contribution in [3.8, 4) is 0 Å². The lowest BCUT2D eigenvalue weighted by Crippen LogP contribution is -2.53. The molecule has 116 valence electrons. The Balaban J connectivity index is 0.000000324. The summed E-state index contributed by atoms with van der Waals surface area (Å²) in [7, 11) is 11.4. The zero-order valence-corrected chi connectivity index (χ0v) is 13.6. The molecule has 0 unspecified atom stereocenters. The molecule has 0 aromatic heterocycles. The maximum absolute atomic E-state index is 2.39. The van der Waals surface area contributed by atoms with Gasteiger partial charge in [-0.1, -0.05) is 14.4 Å². The third-order valence-corrected chi connectivity index (χ3v) is 4.63. The Bertz CT molecular complexity index is 202. The molecule has 2 saturated heterocycles. The summed E-state index contributed by atoms with van der Waals surface area (Å²) >= 11 is 0. The maximum Gasteiger partial charge on any atom is 0.0912 e. The molecule has 0 spiro atoms. The van der Waals surface area contributed by atoms with E-state index in [1.54, 1.807) is 0 Å². The second-order valence-corrected chi connectivity index (χ2v) is 7.75. The highest BCUT2D eigenvalue weighted by molar-refractivity contribution is 4.57. The fourth-order valence-corrected chi connectivity index (χ4v) is 2.50. The van der Waals surface area contributed by atoms with E-state index >= 15 is 0 Å². The van der Waals surface area contributed by atoms with Crippen LogP contribution < -0.4 is 0 Å². The van der Waals surface area contributed by atoms with Gasteiger partial charge in [-0.3, -0.25) is 4.90 Å². The number of nitrogens with zero attached hydrogens (tertiary/aromatic N) is 3. The number of likely N-dealkylation sites (N-methyl/N-ethyl adjacent to an activating group) is 2. The standard InChI is InChI=1S/C8H18N.C7H17N2.CH4/c2*1-8-4-6-9(2,3)7-5-8;/h8H,4-7H2,1-3H3;4-7H2,1-3H3;1H4/q2*+1;. The van der Waals surface area contributed by atoms with E-state index in [2.05, 4.69) is 47.1 Å². The van der Waals surface area contributed by atoms with Crippen molar-refractivity contribution in [1.29, 1.82) is 0 Å². The second kappa shape index (κ2) is 7.61. The fourth-order valence-electron chi connectivity index (χ4n) is 2.50. The number of hydrogen-bond donors (Lipinski definition) is 0. The Morgan fingerprint density at radius 2 is 1.16 bits per heavy atom. The van der Waals surface area contributed by atoms with Gasteiger partial charge in [0.05, 0.1) is 54.4 Å². The van der Waals surface area contributed by atoms with E-state index in [0.29, 0.717) is 0 Å². The van der Waals surface area contributed by atoms with Crippen LogP contribution in [0.5, 0.6) is 0 Å². The normalized spacial score (nSPS) is 26.8. The van der Waals surface area contributed by atoms with Gasteiger partial charge in [0, 0.05) is 13.1 Å². The third-order valence-electron chi connectivity index (χ3n) is 4.63. The van der Waals surface area contributed by atoms with Crippen LogP contribution in [0.2, 0.25) is 0 Å². The zero-order chi connectivity index (χ0) is 13.8. The molecule has 0 radical (unpaired) electrons. The summed E-state index contributed by atoms with van der Waals surface area (Å²) in [6, 6.07) is 0. The van der Waals surface area contributed by atoms with Crippen LogP contribution >= 0.6 is 0 Å². The summed E-state index contributed by atoms with van der Waals surface area (Å²) in [6.07, 6.45) is 2.85. The first-order valence-electron chi connectivity index (χ1n) is 7.53. The molecule has 0 atom stereocenters. The van der Waals surface area contributed by atoms with Crippen molar-refractivity contribution >= 4 is 0 Å². The number of rotatable bonds is 0. The van der Waals surface area contributed by atoms with Gasteiger partial charge in [-0.05, 0) is 25.8 Å². The second-order valence-electron chi connectivity index (χ2n) is 7.75. The summed E-state index contributed by atoms with van der Waals surface area (Å²) in [4.78, 5) is 2.39. The average Bonchev–Trinajstić information content (AvgIpc) is 2.28. The van der Waals surface area contributed by atoms with E-state index in [1.807, 2.05) is 0 Å². The Morgan fingerprint density at radius 1 is 0.789 bits per heavy atom. The van der Waals surface area contributed by atoms with Gasteiger partial charge in [-0.15, -0.1) is 0 Å². The summed E-state index contributed by atoms with van der Waals surface area (Å²) in [5.41, 5.74) is 0. The first kappa shape index (κ1) is 18.9. The van der Waals surface area contributed by atoms with Crippen molar-refractivity contribution in [2.24, 2.45) is 5.92 Å². The predicted molar refractivity (Wildman–Crippen MR) is 86.3 cm³/mol. The first-order valence-corrected chi connectivity index (χ1v) is 7.53. The van der Waals surface area contributed by atoms with Crippen LogP contribution in [0.3, 0.4) is 0 Å². The first-order chi connectivity index (χ1) is 8.20. The highest BCUT2D eigenvalue weighted by atomic mass is 15.4. The van der Waals surface area contributed by atoms with Gasteiger partial charge in [0.1, 0.15) is 0 Å². The minimum absolute atomic E-state index is 0. The van der Waals surface area contributed by atoms with Crippen molar-refractivity contribution in [2.75, 3.05) is 74.5 Å². The lowest BCUT2D eigenvalue weighted by atomic mass is 9.98. The number of quaternary nitrogens is 2. The van der Waals surface area contributed by atoms with Gasteiger partial charge in [0.15, 0.2) is 0 Å². The van der Waals surface area contributed by atoms with Crippen molar-refractivity contribution in [1.82, 2.24) is 4.90 Å². The fraction of sp³-hybridized carbons (Fsp3) is 1.00. The smallest absolute Gasteiger partial charge is 0.0912 e. The molecule has 0 aromatic carbocycles. The molecule has 0 aliphatic carbocycles. The summed E-state index contributed by atoms with van der Waals surface area (Å²) in [6.45, 7) is 10.2. The Morgan fingerprint density at radius 3 is 1.47 bits per heavy atom. The summed E-state index contributed by atoms with van der Waals surface area (Å²) in [5, 5.41) is 0. The van der Waals surface area contributed by atoms with Crippen LogP contribution in [0, 0.1) is 5.92 Å². The average molecular weight is 274 g/mol. The van der Waals surface area contributed by atoms with Crippen molar-refractivity contribution in [3.05, 3.63) is 0 Å². The lowest BCUT2D eigenvalue weighted by Gasteiger charge is -2.37. The van der Waals surface area contributed by atoms with E-state index in [-0.39, 0.29) is 7.43 Å². The molecule has 0 bridgehead atoms. The van der Waals surface area contributed by atoms with Gasteiger partial charge in [-0.2, -0.15) is 0 Å². The molecule has 0 N–H and O–H groups in total. The molecule has 2 rings (SSSR count).